The number of hydrogen-bond acceptors (Lipinski definition) is 2. The zero-order chi connectivity index (χ0) is 11.4. The average Bonchev–Trinajstić information content (AvgIpc) is 2.65. The lowest BCUT2D eigenvalue weighted by molar-refractivity contribution is 0.279. The van der Waals surface area contributed by atoms with Crippen molar-refractivity contribution in [3.8, 4) is 0 Å². The molecule has 1 N–H and O–H groups in total. The lowest BCUT2D eigenvalue weighted by Gasteiger charge is -2.21. The topological polar surface area (TPSA) is 15.3 Å². The minimum Gasteiger partial charge on any atom is -0.384 e. The Morgan fingerprint density at radius 3 is 3.06 bits per heavy atom. The van der Waals surface area contributed by atoms with Gasteiger partial charge in [0, 0.05) is 29.3 Å². The van der Waals surface area contributed by atoms with Crippen LogP contribution in [0.15, 0.2) is 28.7 Å². The zero-order valence-electron chi connectivity index (χ0n) is 9.75. The second-order valence-corrected chi connectivity index (χ2v) is 5.38. The van der Waals surface area contributed by atoms with E-state index >= 15 is 0 Å². The van der Waals surface area contributed by atoms with Gasteiger partial charge >= 0.3 is 0 Å². The van der Waals surface area contributed by atoms with Crippen LogP contribution >= 0.6 is 15.9 Å². The molecule has 3 heteroatoms. The van der Waals surface area contributed by atoms with Crippen molar-refractivity contribution in [2.24, 2.45) is 0 Å². The fourth-order valence-electron chi connectivity index (χ4n) is 2.27. The quantitative estimate of drug-likeness (QED) is 0.911. The molecule has 0 aliphatic carbocycles. The second-order valence-electron chi connectivity index (χ2n) is 4.46. The average molecular weight is 283 g/mol. The molecular formula is C13H19BrN2. The maximum Gasteiger partial charge on any atom is 0.0351 e. The number of rotatable bonds is 4. The first kappa shape index (κ1) is 11.9. The summed E-state index contributed by atoms with van der Waals surface area (Å²) in [4.78, 5) is 2.56. The largest absolute Gasteiger partial charge is 0.384 e. The summed E-state index contributed by atoms with van der Waals surface area (Å²) in [6, 6.07) is 9.11. The van der Waals surface area contributed by atoms with E-state index in [2.05, 4.69) is 51.3 Å². The lowest BCUT2D eigenvalue weighted by atomic mass is 10.2. The molecule has 0 aromatic heterocycles. The number of anilines is 1. The molecule has 0 bridgehead atoms. The highest BCUT2D eigenvalue weighted by Gasteiger charge is 2.18. The molecule has 2 nitrogen and oxygen atoms in total. The van der Waals surface area contributed by atoms with E-state index in [4.69, 9.17) is 0 Å². The van der Waals surface area contributed by atoms with E-state index in [1.165, 1.54) is 25.1 Å². The second kappa shape index (κ2) is 5.69. The summed E-state index contributed by atoms with van der Waals surface area (Å²) < 4.78 is 1.13. The minimum absolute atomic E-state index is 0.768. The zero-order valence-corrected chi connectivity index (χ0v) is 11.3. The van der Waals surface area contributed by atoms with Crippen molar-refractivity contribution in [1.29, 1.82) is 0 Å². The fourth-order valence-corrected chi connectivity index (χ4v) is 2.67. The molecule has 1 fully saturated rings. The van der Waals surface area contributed by atoms with Crippen molar-refractivity contribution in [1.82, 2.24) is 4.90 Å². The molecule has 1 unspecified atom stereocenters. The highest BCUT2D eigenvalue weighted by atomic mass is 79.9. The van der Waals surface area contributed by atoms with E-state index in [0.29, 0.717) is 0 Å². The standard InChI is InChI=1S/C13H19BrN2/c1-11-4-3-8-16(11)9-7-15-13-6-2-5-12(14)10-13/h2,5-6,10-11,15H,3-4,7-9H2,1H3. The van der Waals surface area contributed by atoms with Crippen LogP contribution in [0.2, 0.25) is 0 Å². The minimum atomic E-state index is 0.768. The highest BCUT2D eigenvalue weighted by Crippen LogP contribution is 2.17. The summed E-state index contributed by atoms with van der Waals surface area (Å²) in [5.41, 5.74) is 1.20. The Labute approximate surface area is 106 Å². The Kier molecular flexibility index (Phi) is 4.24. The van der Waals surface area contributed by atoms with Gasteiger partial charge in [-0.2, -0.15) is 0 Å². The predicted octanol–water partition coefficient (Wildman–Crippen LogP) is 3.35. The molecule has 88 valence electrons. The summed E-state index contributed by atoms with van der Waals surface area (Å²) in [5.74, 6) is 0. The van der Waals surface area contributed by atoms with Gasteiger partial charge in [-0.3, -0.25) is 4.90 Å². The van der Waals surface area contributed by atoms with Crippen molar-refractivity contribution >= 4 is 21.6 Å². The van der Waals surface area contributed by atoms with Crippen LogP contribution in [-0.4, -0.2) is 30.6 Å². The molecule has 16 heavy (non-hydrogen) atoms. The van der Waals surface area contributed by atoms with Gasteiger partial charge in [0.25, 0.3) is 0 Å². The number of benzene rings is 1. The Hall–Kier alpha value is -0.540. The Bertz CT molecular complexity index is 340. The Morgan fingerprint density at radius 2 is 2.38 bits per heavy atom. The van der Waals surface area contributed by atoms with Gasteiger partial charge in [-0.15, -0.1) is 0 Å². The van der Waals surface area contributed by atoms with Crippen LogP contribution in [0.5, 0.6) is 0 Å². The molecule has 1 aromatic rings. The molecule has 2 rings (SSSR count). The monoisotopic (exact) mass is 282 g/mol. The Morgan fingerprint density at radius 1 is 1.50 bits per heavy atom. The van der Waals surface area contributed by atoms with E-state index in [-0.39, 0.29) is 0 Å². The van der Waals surface area contributed by atoms with E-state index in [9.17, 15) is 0 Å². The predicted molar refractivity (Wildman–Crippen MR) is 72.9 cm³/mol. The molecule has 0 radical (unpaired) electrons. The molecule has 0 saturated carbocycles. The Balaban J connectivity index is 1.75. The van der Waals surface area contributed by atoms with Crippen LogP contribution in [0.25, 0.3) is 0 Å². The summed E-state index contributed by atoms with van der Waals surface area (Å²) >= 11 is 3.48. The van der Waals surface area contributed by atoms with Crippen LogP contribution < -0.4 is 5.32 Å². The van der Waals surface area contributed by atoms with Gasteiger partial charge in [-0.25, -0.2) is 0 Å². The maximum atomic E-state index is 3.48. The summed E-state index contributed by atoms with van der Waals surface area (Å²) in [6.07, 6.45) is 2.72. The molecule has 1 aliphatic heterocycles. The number of nitrogens with zero attached hydrogens (tertiary/aromatic N) is 1. The highest BCUT2D eigenvalue weighted by molar-refractivity contribution is 9.10. The van der Waals surface area contributed by atoms with Gasteiger partial charge in [-0.1, -0.05) is 22.0 Å². The van der Waals surface area contributed by atoms with Gasteiger partial charge < -0.3 is 5.32 Å². The van der Waals surface area contributed by atoms with E-state index in [0.717, 1.165) is 23.6 Å². The van der Waals surface area contributed by atoms with Crippen molar-refractivity contribution in [2.45, 2.75) is 25.8 Å². The summed E-state index contributed by atoms with van der Waals surface area (Å²) in [7, 11) is 0. The van der Waals surface area contributed by atoms with Crippen LogP contribution in [0.3, 0.4) is 0 Å². The SMILES string of the molecule is CC1CCCN1CCNc1cccc(Br)c1. The summed E-state index contributed by atoms with van der Waals surface area (Å²) in [5, 5.41) is 3.46. The van der Waals surface area contributed by atoms with Crippen molar-refractivity contribution in [3.63, 3.8) is 0 Å². The van der Waals surface area contributed by atoms with Gasteiger partial charge in [0.2, 0.25) is 0 Å². The van der Waals surface area contributed by atoms with Crippen LogP contribution in [0, 0.1) is 0 Å². The fraction of sp³-hybridized carbons (Fsp3) is 0.538. The van der Waals surface area contributed by atoms with Crippen molar-refractivity contribution < 1.29 is 0 Å². The molecule has 0 amide bonds. The maximum absolute atomic E-state index is 3.48. The molecule has 1 heterocycles. The molecule has 1 atom stereocenters. The van der Waals surface area contributed by atoms with Crippen molar-refractivity contribution in [2.75, 3.05) is 25.0 Å². The van der Waals surface area contributed by atoms with E-state index in [1.54, 1.807) is 0 Å². The number of likely N-dealkylation sites (tertiary alicyclic amines) is 1. The lowest BCUT2D eigenvalue weighted by Crippen LogP contribution is -2.31. The number of nitrogens with one attached hydrogen (secondary N) is 1. The van der Waals surface area contributed by atoms with Crippen LogP contribution in [0.1, 0.15) is 19.8 Å². The van der Waals surface area contributed by atoms with E-state index < -0.39 is 0 Å². The first-order chi connectivity index (χ1) is 7.75. The third kappa shape index (κ3) is 3.22. The van der Waals surface area contributed by atoms with Crippen LogP contribution in [-0.2, 0) is 0 Å². The summed E-state index contributed by atoms with van der Waals surface area (Å²) in [6.45, 7) is 5.77. The molecule has 1 saturated heterocycles. The van der Waals surface area contributed by atoms with E-state index in [1.807, 2.05) is 6.07 Å². The smallest absolute Gasteiger partial charge is 0.0351 e. The first-order valence-corrected chi connectivity index (χ1v) is 6.78. The van der Waals surface area contributed by atoms with Gasteiger partial charge in [0.1, 0.15) is 0 Å². The van der Waals surface area contributed by atoms with Crippen molar-refractivity contribution in [3.05, 3.63) is 28.7 Å². The van der Waals surface area contributed by atoms with Gasteiger partial charge in [0.05, 0.1) is 0 Å². The molecular weight excluding hydrogens is 264 g/mol. The number of hydrogen-bond donors (Lipinski definition) is 1. The molecule has 1 aromatic carbocycles. The normalized spacial score (nSPS) is 21.2. The molecule has 1 aliphatic rings. The van der Waals surface area contributed by atoms with Gasteiger partial charge in [-0.05, 0) is 44.5 Å². The third-order valence-corrected chi connectivity index (χ3v) is 3.74. The first-order valence-electron chi connectivity index (χ1n) is 5.99. The van der Waals surface area contributed by atoms with Gasteiger partial charge in [0.15, 0.2) is 0 Å². The number of halogens is 1. The molecule has 0 spiro atoms. The third-order valence-electron chi connectivity index (χ3n) is 3.24. The van der Waals surface area contributed by atoms with Crippen LogP contribution in [0.4, 0.5) is 5.69 Å².